The summed E-state index contributed by atoms with van der Waals surface area (Å²) in [5.41, 5.74) is 13.7. The van der Waals surface area contributed by atoms with Crippen LogP contribution in [0.2, 0.25) is 0 Å². The number of allylic oxidation sites excluding steroid dienone is 5. The van der Waals surface area contributed by atoms with E-state index in [0.717, 1.165) is 12.8 Å². The van der Waals surface area contributed by atoms with E-state index < -0.39 is 0 Å². The van der Waals surface area contributed by atoms with Crippen LogP contribution in [-0.2, 0) is 18.3 Å². The van der Waals surface area contributed by atoms with Crippen LogP contribution in [0, 0.1) is 0 Å². The minimum absolute atomic E-state index is 0.0836. The third kappa shape index (κ3) is 3.46. The predicted octanol–water partition coefficient (Wildman–Crippen LogP) is 6.18. The van der Waals surface area contributed by atoms with Crippen molar-refractivity contribution < 1.29 is 4.58 Å². The maximum Gasteiger partial charge on any atom is 0.199 e. The molecule has 0 fully saturated rings. The molecule has 2 aliphatic carbocycles. The lowest BCUT2D eigenvalue weighted by atomic mass is 9.63. The van der Waals surface area contributed by atoms with Crippen molar-refractivity contribution in [2.24, 2.45) is 0 Å². The largest absolute Gasteiger partial charge is 0.378 e. The fourth-order valence-corrected chi connectivity index (χ4v) is 5.21. The first-order chi connectivity index (χ1) is 15.2. The molecule has 0 saturated heterocycles. The summed E-state index contributed by atoms with van der Waals surface area (Å²) in [7, 11) is 8.51. The molecule has 0 unspecified atom stereocenters. The average Bonchev–Trinajstić information content (AvgIpc) is 2.78. The predicted molar refractivity (Wildman–Crippen MR) is 139 cm³/mol. The molecule has 0 bridgehead atoms. The number of aryl methyl sites for hydroxylation is 2. The minimum atomic E-state index is -0.0836. The van der Waals surface area contributed by atoms with Crippen molar-refractivity contribution in [3.8, 4) is 0 Å². The highest BCUT2D eigenvalue weighted by atomic mass is 15.1. The first-order valence-electron chi connectivity index (χ1n) is 11.8. The average molecular weight is 426 g/mol. The Labute approximate surface area is 194 Å². The number of benzene rings is 2. The van der Waals surface area contributed by atoms with E-state index >= 15 is 0 Å². The lowest BCUT2D eigenvalue weighted by molar-refractivity contribution is -0.462. The Morgan fingerprint density at radius 2 is 1.56 bits per heavy atom. The van der Waals surface area contributed by atoms with Crippen molar-refractivity contribution in [3.63, 3.8) is 0 Å². The number of rotatable bonds is 4. The summed E-state index contributed by atoms with van der Waals surface area (Å²) in [6.45, 7) is 9.31. The Bertz CT molecular complexity index is 1170. The Balaban J connectivity index is 2.16. The smallest absolute Gasteiger partial charge is 0.199 e. The Morgan fingerprint density at radius 3 is 2.12 bits per heavy atom. The summed E-state index contributed by atoms with van der Waals surface area (Å²) in [6, 6.07) is 13.9. The Morgan fingerprint density at radius 1 is 0.906 bits per heavy atom. The minimum Gasteiger partial charge on any atom is -0.378 e. The van der Waals surface area contributed by atoms with Gasteiger partial charge in [0.05, 0.1) is 0 Å². The number of fused-ring (bicyclic) bond motifs is 2. The van der Waals surface area contributed by atoms with Gasteiger partial charge < -0.3 is 4.90 Å². The Hall–Kier alpha value is -2.87. The lowest BCUT2D eigenvalue weighted by Gasteiger charge is -2.40. The van der Waals surface area contributed by atoms with Crippen molar-refractivity contribution in [1.82, 2.24) is 0 Å². The fourth-order valence-electron chi connectivity index (χ4n) is 5.21. The van der Waals surface area contributed by atoms with Crippen LogP contribution < -0.4 is 4.90 Å². The number of hydrogen-bond acceptors (Lipinski definition) is 1. The quantitative estimate of drug-likeness (QED) is 0.530. The second-order valence-corrected chi connectivity index (χ2v) is 9.91. The van der Waals surface area contributed by atoms with Crippen LogP contribution >= 0.6 is 0 Å². The van der Waals surface area contributed by atoms with Crippen LogP contribution in [0.25, 0.3) is 5.57 Å². The van der Waals surface area contributed by atoms with Crippen LogP contribution in [0.4, 0.5) is 5.69 Å². The van der Waals surface area contributed by atoms with Crippen LogP contribution in [0.3, 0.4) is 0 Å². The van der Waals surface area contributed by atoms with Gasteiger partial charge in [-0.25, -0.2) is 4.58 Å². The van der Waals surface area contributed by atoms with Crippen molar-refractivity contribution in [1.29, 1.82) is 0 Å². The summed E-state index contributed by atoms with van der Waals surface area (Å²) in [6.07, 6.45) is 9.10. The van der Waals surface area contributed by atoms with Gasteiger partial charge in [0.2, 0.25) is 0 Å². The van der Waals surface area contributed by atoms with Crippen molar-refractivity contribution in [2.75, 3.05) is 33.1 Å². The van der Waals surface area contributed by atoms with E-state index in [-0.39, 0.29) is 5.41 Å². The molecule has 0 aliphatic heterocycles. The summed E-state index contributed by atoms with van der Waals surface area (Å²) in [5.74, 6) is 0. The molecule has 0 heterocycles. The van der Waals surface area contributed by atoms with E-state index in [0.29, 0.717) is 0 Å². The third-order valence-corrected chi connectivity index (χ3v) is 7.17. The number of hydrogen-bond donors (Lipinski definition) is 0. The van der Waals surface area contributed by atoms with Gasteiger partial charge in [0.15, 0.2) is 5.71 Å². The van der Waals surface area contributed by atoms with Gasteiger partial charge in [-0.05, 0) is 75.6 Å². The van der Waals surface area contributed by atoms with Crippen LogP contribution in [0.1, 0.15) is 55.5 Å². The van der Waals surface area contributed by atoms with Crippen molar-refractivity contribution in [3.05, 3.63) is 93.6 Å². The van der Waals surface area contributed by atoms with Crippen LogP contribution in [0.5, 0.6) is 0 Å². The molecule has 4 rings (SSSR count). The normalized spacial score (nSPS) is 16.5. The zero-order chi connectivity index (χ0) is 23.2. The first-order valence-corrected chi connectivity index (χ1v) is 11.8. The molecule has 0 aromatic heterocycles. The molecule has 2 aliphatic rings. The van der Waals surface area contributed by atoms with Gasteiger partial charge in [-0.15, -0.1) is 0 Å². The number of nitrogens with zero attached hydrogens (tertiary/aromatic N) is 2. The van der Waals surface area contributed by atoms with Gasteiger partial charge in [-0.3, -0.25) is 0 Å². The molecule has 0 radical (unpaired) electrons. The van der Waals surface area contributed by atoms with Crippen LogP contribution in [-0.4, -0.2) is 38.5 Å². The highest BCUT2D eigenvalue weighted by Crippen LogP contribution is 2.51. The molecule has 166 valence electrons. The van der Waals surface area contributed by atoms with Crippen molar-refractivity contribution in [2.45, 2.75) is 46.0 Å². The third-order valence-electron chi connectivity index (χ3n) is 7.17. The molecule has 0 amide bonds. The standard InChI is InChI=1S/C30H37N2/c1-9-20-12-11-13-21(10-2)28(20)29-24-16-14-22(31(5)6)18-26(24)30(3,4)27-19-23(32(7)8)15-17-25(27)29/h11-19H,9-10H2,1-8H3/q+1. The van der Waals surface area contributed by atoms with Crippen LogP contribution in [0.15, 0.2) is 65.8 Å². The molecular weight excluding hydrogens is 388 g/mol. The SMILES string of the molecule is CCc1cccc(CC)c1C1=C2C=CC(=[N+](C)C)C=C2C(C)(C)c2cc(N(C)C)ccc21. The van der Waals surface area contributed by atoms with Gasteiger partial charge in [-0.1, -0.05) is 52.0 Å². The van der Waals surface area contributed by atoms with E-state index in [1.165, 1.54) is 55.9 Å². The maximum absolute atomic E-state index is 2.40. The highest BCUT2D eigenvalue weighted by Gasteiger charge is 2.39. The second-order valence-electron chi connectivity index (χ2n) is 9.91. The summed E-state index contributed by atoms with van der Waals surface area (Å²) in [5, 5.41) is 0. The van der Waals surface area contributed by atoms with Gasteiger partial charge in [0.1, 0.15) is 14.1 Å². The summed E-state index contributed by atoms with van der Waals surface area (Å²) >= 11 is 0. The molecule has 0 spiro atoms. The first kappa shape index (κ1) is 22.3. The molecule has 2 heteroatoms. The van der Waals surface area contributed by atoms with E-state index in [2.05, 4.69) is 120 Å². The molecule has 2 aromatic carbocycles. The molecule has 0 atom stereocenters. The molecular formula is C30H37N2+. The highest BCUT2D eigenvalue weighted by molar-refractivity contribution is 6.07. The van der Waals surface area contributed by atoms with Gasteiger partial charge in [0.25, 0.3) is 0 Å². The molecule has 0 N–H and O–H groups in total. The molecule has 0 saturated carbocycles. The molecule has 2 nitrogen and oxygen atoms in total. The van der Waals surface area contributed by atoms with Gasteiger partial charge in [-0.2, -0.15) is 0 Å². The van der Waals surface area contributed by atoms with E-state index in [1.807, 2.05) is 0 Å². The topological polar surface area (TPSA) is 6.25 Å². The van der Waals surface area contributed by atoms with Gasteiger partial charge >= 0.3 is 0 Å². The molecule has 2 aromatic rings. The van der Waals surface area contributed by atoms with E-state index in [1.54, 1.807) is 0 Å². The molecule has 32 heavy (non-hydrogen) atoms. The zero-order valence-electron chi connectivity index (χ0n) is 21.0. The summed E-state index contributed by atoms with van der Waals surface area (Å²) in [4.78, 5) is 2.21. The lowest BCUT2D eigenvalue weighted by Crippen LogP contribution is -2.31. The second kappa shape index (κ2) is 8.24. The maximum atomic E-state index is 2.40. The van der Waals surface area contributed by atoms with E-state index in [4.69, 9.17) is 0 Å². The fraction of sp³-hybridized carbons (Fsp3) is 0.367. The van der Waals surface area contributed by atoms with Crippen molar-refractivity contribution >= 4 is 17.0 Å². The van der Waals surface area contributed by atoms with E-state index in [9.17, 15) is 0 Å². The monoisotopic (exact) mass is 425 g/mol. The summed E-state index contributed by atoms with van der Waals surface area (Å²) < 4.78 is 2.21. The van der Waals surface area contributed by atoms with Gasteiger partial charge in [0, 0.05) is 37.3 Å². The zero-order valence-corrected chi connectivity index (χ0v) is 21.0. The number of anilines is 1. The Kier molecular flexibility index (Phi) is 5.75.